The minimum atomic E-state index is -0.275. The lowest BCUT2D eigenvalue weighted by molar-refractivity contribution is 0.0820. The first kappa shape index (κ1) is 69.9. The molecule has 526 valence electrons. The molecule has 5 N–H and O–H groups in total. The topological polar surface area (TPSA) is 324 Å². The fourth-order valence-corrected chi connectivity index (χ4v) is 11.9. The van der Waals surface area contributed by atoms with Gasteiger partial charge in [-0.1, -0.05) is 72.8 Å². The Hall–Kier alpha value is -13.0. The average Bonchev–Trinajstić information content (AvgIpc) is 1.66. The van der Waals surface area contributed by atoms with E-state index in [0.717, 1.165) is 56.9 Å². The minimum absolute atomic E-state index is 0.168. The number of amides is 1. The molecule has 28 nitrogen and oxygen atoms in total. The van der Waals surface area contributed by atoms with Crippen molar-refractivity contribution in [2.24, 2.45) is 7.05 Å². The summed E-state index contributed by atoms with van der Waals surface area (Å²) >= 11 is 0. The Morgan fingerprint density at radius 2 is 0.893 bits per heavy atom. The Morgan fingerprint density at radius 3 is 1.39 bits per heavy atom. The fraction of sp³-hybridized carbons (Fsp3) is 0.236. The number of benzene rings is 4. The first-order valence-electron chi connectivity index (χ1n) is 32.5. The minimum Gasteiger partial charge on any atom is -0.382 e. The van der Waals surface area contributed by atoms with Crippen LogP contribution in [0.2, 0.25) is 0 Å². The summed E-state index contributed by atoms with van der Waals surface area (Å²) in [7, 11) is 5.40. The molecular formula is C72H73F3N24O4. The predicted molar refractivity (Wildman–Crippen MR) is 384 cm³/mol. The third-order valence-electron chi connectivity index (χ3n) is 17.3. The molecule has 12 heterocycles. The molecule has 0 bridgehead atoms. The van der Waals surface area contributed by atoms with E-state index in [1.807, 2.05) is 82.6 Å². The zero-order valence-corrected chi connectivity index (χ0v) is 58.6. The molecule has 0 saturated carbocycles. The number of nitrogens with one attached hydrogen (secondary N) is 3. The van der Waals surface area contributed by atoms with Crippen molar-refractivity contribution in [3.8, 4) is 0 Å². The number of aryl methyl sites for hydroxylation is 10. The summed E-state index contributed by atoms with van der Waals surface area (Å²) < 4.78 is 51.9. The van der Waals surface area contributed by atoms with Crippen LogP contribution >= 0.6 is 0 Å². The van der Waals surface area contributed by atoms with Crippen LogP contribution in [0.5, 0.6) is 0 Å². The summed E-state index contributed by atoms with van der Waals surface area (Å²) in [5.74, 6) is 6.81. The van der Waals surface area contributed by atoms with Gasteiger partial charge in [0, 0.05) is 45.3 Å². The maximum Gasteiger partial charge on any atom is 0.287 e. The van der Waals surface area contributed by atoms with Gasteiger partial charge in [-0.05, 0) is 121 Å². The van der Waals surface area contributed by atoms with E-state index in [1.54, 1.807) is 87.5 Å². The zero-order valence-electron chi connectivity index (χ0n) is 58.6. The SMILES string of the molecule is C=C1N(C)C(=O)c2nc(C)n(Cc3ccc(F)cc3)c2N1C.Cc1ccc(Cn2c(C)nc3c(=O)[nH]c(C)nc32)cc1.Cc1nc(N)c2nc(C)n(Cc3ccc(F)cc3)c2n1.Cc1nc2c(=O)n3ccnc3[nH]c2n1Cc1ccc(F)cc1.Cc1nc2c(nc(C)n2Cc2cnn(C)c2)c(=O)[nH]1. The Balaban J connectivity index is 0.000000121. The molecular weight excluding hydrogens is 1320 g/mol. The molecule has 16 rings (SSSR count). The molecule has 15 aromatic rings. The van der Waals surface area contributed by atoms with Crippen LogP contribution in [0.3, 0.4) is 0 Å². The van der Waals surface area contributed by atoms with Crippen LogP contribution in [-0.4, -0.2) is 127 Å². The number of fused-ring (bicyclic) bond motifs is 6. The van der Waals surface area contributed by atoms with Crippen molar-refractivity contribution >= 4 is 68.0 Å². The Kier molecular flexibility index (Phi) is 19.5. The number of nitrogens with two attached hydrogens (primary N) is 1. The van der Waals surface area contributed by atoms with Crippen LogP contribution in [-0.2, 0) is 39.8 Å². The monoisotopic (exact) mass is 1390 g/mol. The van der Waals surface area contributed by atoms with E-state index in [0.29, 0.717) is 124 Å². The number of aromatic amines is 3. The lowest BCUT2D eigenvalue weighted by Crippen LogP contribution is -2.40. The first-order valence-corrected chi connectivity index (χ1v) is 32.5. The summed E-state index contributed by atoms with van der Waals surface area (Å²) in [5, 5.41) is 4.14. The van der Waals surface area contributed by atoms with Crippen molar-refractivity contribution in [1.82, 2.24) is 107 Å². The molecule has 0 aliphatic carbocycles. The first-order chi connectivity index (χ1) is 49.2. The van der Waals surface area contributed by atoms with Crippen molar-refractivity contribution in [3.63, 3.8) is 0 Å². The van der Waals surface area contributed by atoms with Gasteiger partial charge in [0.15, 0.2) is 50.5 Å². The molecule has 0 spiro atoms. The quantitative estimate of drug-likeness (QED) is 0.0991. The van der Waals surface area contributed by atoms with Crippen molar-refractivity contribution in [2.75, 3.05) is 24.7 Å². The molecule has 103 heavy (non-hydrogen) atoms. The van der Waals surface area contributed by atoms with Gasteiger partial charge in [-0.3, -0.25) is 28.8 Å². The molecule has 11 aromatic heterocycles. The van der Waals surface area contributed by atoms with Gasteiger partial charge in [-0.25, -0.2) is 67.4 Å². The number of hydrogen-bond donors (Lipinski definition) is 4. The highest BCUT2D eigenvalue weighted by atomic mass is 19.1. The maximum absolute atomic E-state index is 13.0. The van der Waals surface area contributed by atoms with Crippen molar-refractivity contribution < 1.29 is 18.0 Å². The van der Waals surface area contributed by atoms with E-state index in [2.05, 4.69) is 108 Å². The molecule has 1 aliphatic heterocycles. The highest BCUT2D eigenvalue weighted by molar-refractivity contribution is 6.01. The van der Waals surface area contributed by atoms with Gasteiger partial charge < -0.3 is 48.4 Å². The molecule has 0 atom stereocenters. The highest BCUT2D eigenvalue weighted by Crippen LogP contribution is 2.32. The van der Waals surface area contributed by atoms with Gasteiger partial charge in [0.2, 0.25) is 5.78 Å². The predicted octanol–water partition coefficient (Wildman–Crippen LogP) is 9.06. The van der Waals surface area contributed by atoms with Crippen LogP contribution in [0, 0.1) is 79.8 Å². The van der Waals surface area contributed by atoms with Crippen molar-refractivity contribution in [2.45, 2.75) is 95.0 Å². The van der Waals surface area contributed by atoms with Gasteiger partial charge >= 0.3 is 0 Å². The van der Waals surface area contributed by atoms with Gasteiger partial charge in [0.25, 0.3) is 22.6 Å². The second-order valence-corrected chi connectivity index (χ2v) is 24.8. The number of aromatic nitrogens is 21. The van der Waals surface area contributed by atoms with Crippen LogP contribution < -0.4 is 27.3 Å². The van der Waals surface area contributed by atoms with Crippen LogP contribution in [0.25, 0.3) is 50.4 Å². The number of hydrogen-bond acceptors (Lipinski definition) is 17. The molecule has 31 heteroatoms. The summed E-state index contributed by atoms with van der Waals surface area (Å²) in [6.07, 6.45) is 6.89. The lowest BCUT2D eigenvalue weighted by atomic mass is 10.1. The third-order valence-corrected chi connectivity index (χ3v) is 17.3. The number of carbonyl (C=O) groups excluding carboxylic acids is 1. The molecule has 1 amide bonds. The fourth-order valence-electron chi connectivity index (χ4n) is 11.9. The number of nitrogens with zero attached hydrogens (tertiary/aromatic N) is 20. The Bertz CT molecular complexity index is 5890. The van der Waals surface area contributed by atoms with Crippen LogP contribution in [0.4, 0.5) is 24.8 Å². The van der Waals surface area contributed by atoms with E-state index in [9.17, 15) is 32.3 Å². The number of halogens is 3. The maximum atomic E-state index is 13.0. The largest absolute Gasteiger partial charge is 0.382 e. The molecule has 0 unspecified atom stereocenters. The number of imidazole rings is 6. The van der Waals surface area contributed by atoms with E-state index in [1.165, 1.54) is 51.3 Å². The van der Waals surface area contributed by atoms with Crippen LogP contribution in [0.15, 0.2) is 149 Å². The van der Waals surface area contributed by atoms with Crippen LogP contribution in [0.1, 0.15) is 90.5 Å². The van der Waals surface area contributed by atoms with Gasteiger partial charge in [-0.15, -0.1) is 0 Å². The van der Waals surface area contributed by atoms with Gasteiger partial charge in [0.05, 0.1) is 38.9 Å². The third kappa shape index (κ3) is 14.7. The summed E-state index contributed by atoms with van der Waals surface area (Å²) in [6.45, 7) is 23.5. The summed E-state index contributed by atoms with van der Waals surface area (Å²) in [6, 6.07) is 27.3. The number of rotatable bonds is 10. The Labute approximate surface area is 585 Å². The average molecular weight is 1400 g/mol. The number of H-pyrrole nitrogens is 3. The Morgan fingerprint density at radius 1 is 0.466 bits per heavy atom. The number of nitrogen functional groups attached to an aromatic ring is 1. The molecule has 0 radical (unpaired) electrons. The number of anilines is 2. The highest BCUT2D eigenvalue weighted by Gasteiger charge is 2.34. The molecule has 4 aromatic carbocycles. The van der Waals surface area contributed by atoms with E-state index < -0.39 is 0 Å². The van der Waals surface area contributed by atoms with Crippen molar-refractivity contribution in [1.29, 1.82) is 0 Å². The normalized spacial score (nSPS) is 12.0. The summed E-state index contributed by atoms with van der Waals surface area (Å²) in [4.78, 5) is 103. The smallest absolute Gasteiger partial charge is 0.287 e. The molecule has 0 saturated heterocycles. The van der Waals surface area contributed by atoms with Crippen molar-refractivity contribution in [3.05, 3.63) is 268 Å². The van der Waals surface area contributed by atoms with E-state index in [-0.39, 0.29) is 40.0 Å². The number of carbonyl (C=O) groups is 1. The van der Waals surface area contributed by atoms with Gasteiger partial charge in [0.1, 0.15) is 81.3 Å². The zero-order chi connectivity index (χ0) is 73.4. The summed E-state index contributed by atoms with van der Waals surface area (Å²) in [5.41, 5.74) is 16.3. The van der Waals surface area contributed by atoms with Gasteiger partial charge in [-0.2, -0.15) is 5.10 Å². The second kappa shape index (κ2) is 28.7. The van der Waals surface area contributed by atoms with E-state index >= 15 is 0 Å². The standard InChI is InChI=1S/C16H17FN4O.C15H12FN5O.C15H16N4O.C14H14FN5.C12H14N6O/c1-10-18-14-15(19(3)11(2)20(4)16(14)22)21(10)9-12-5-7-13(17)8-6-12;1-9-18-12-13(19-15-17-6-7-20(15)14(12)22)21(9)8-10-2-4-11(16)5-3-10;1-9-4-6-12(7-5-9)8-19-11(3)18-13-14(19)16-10(2)17-15(13)20;1-8-17-13(16)12-14(18-8)20(9(2)19-12)7-10-3-5-11(15)6-4-10;1-7-14-11-10(12(19)15-7)16-8(2)18(11)6-9-4-13-17(3)5-9/h5-8H,2,9H2,1,3-4H3;2-7H,8H2,1H3,(H,17,19);4-7H,8H2,1-3H3,(H,16,17,20);3-6H,7H2,1-2H3,(H2,16,17,18);4-5H,6H2,1-3H3,(H,14,15,19). The lowest BCUT2D eigenvalue weighted by Gasteiger charge is -2.33. The van der Waals surface area contributed by atoms with E-state index in [4.69, 9.17) is 5.73 Å². The molecule has 0 fully saturated rings. The molecule has 1 aliphatic rings. The second-order valence-electron chi connectivity index (χ2n) is 24.8.